The van der Waals surface area contributed by atoms with Gasteiger partial charge in [-0.3, -0.25) is 0 Å². The molecule has 1 aromatic rings. The van der Waals surface area contributed by atoms with E-state index in [2.05, 4.69) is 13.8 Å². The smallest absolute Gasteiger partial charge is 0.120 e. The lowest BCUT2D eigenvalue weighted by atomic mass is 9.86. The highest BCUT2D eigenvalue weighted by Crippen LogP contribution is 2.48. The van der Waals surface area contributed by atoms with Gasteiger partial charge in [0.05, 0.1) is 13.2 Å². The fraction of sp³-hybridized carbons (Fsp3) is 0.500. The molecule has 82 valence electrons. The largest absolute Gasteiger partial charge is 0.497 e. The van der Waals surface area contributed by atoms with Crippen LogP contribution in [0.2, 0.25) is 5.02 Å². The van der Waals surface area contributed by atoms with E-state index in [0.29, 0.717) is 10.8 Å². The first kappa shape index (κ1) is 10.8. The van der Waals surface area contributed by atoms with Crippen LogP contribution in [0.25, 0.3) is 0 Å². The molecule has 0 aromatic heterocycles. The van der Waals surface area contributed by atoms with Crippen LogP contribution in [0.1, 0.15) is 37.5 Å². The maximum absolute atomic E-state index is 9.95. The summed E-state index contributed by atoms with van der Waals surface area (Å²) in [5.74, 6) is 0.704. The predicted octanol–water partition coefficient (Wildman–Crippen LogP) is 3.06. The van der Waals surface area contributed by atoms with E-state index in [9.17, 15) is 5.11 Å². The summed E-state index contributed by atoms with van der Waals surface area (Å²) in [5.41, 5.74) is 1.90. The van der Waals surface area contributed by atoms with Gasteiger partial charge in [0, 0.05) is 5.02 Å². The molecule has 1 aromatic carbocycles. The van der Waals surface area contributed by atoms with Gasteiger partial charge in [-0.2, -0.15) is 0 Å². The van der Waals surface area contributed by atoms with Crippen molar-refractivity contribution >= 4 is 11.6 Å². The Morgan fingerprint density at radius 3 is 2.73 bits per heavy atom. The molecule has 1 aliphatic carbocycles. The van der Waals surface area contributed by atoms with E-state index >= 15 is 0 Å². The molecule has 0 amide bonds. The second-order valence-corrected chi connectivity index (χ2v) is 5.08. The van der Waals surface area contributed by atoms with Gasteiger partial charge in [-0.25, -0.2) is 0 Å². The van der Waals surface area contributed by atoms with Gasteiger partial charge < -0.3 is 9.84 Å². The summed E-state index contributed by atoms with van der Waals surface area (Å²) in [7, 11) is 1.60. The highest BCUT2D eigenvalue weighted by atomic mass is 35.5. The first-order valence-electron chi connectivity index (χ1n) is 5.01. The lowest BCUT2D eigenvalue weighted by Crippen LogP contribution is -2.12. The standard InChI is InChI=1S/C12H15ClO2/c1-12(2)6-10(14)8-4-7(15-3)5-9(13)11(8)12/h4-5,10,14H,6H2,1-3H3. The van der Waals surface area contributed by atoms with Crippen molar-refractivity contribution in [2.75, 3.05) is 7.11 Å². The predicted molar refractivity (Wildman–Crippen MR) is 60.6 cm³/mol. The van der Waals surface area contributed by atoms with E-state index in [-0.39, 0.29) is 5.41 Å². The Morgan fingerprint density at radius 1 is 1.47 bits per heavy atom. The minimum Gasteiger partial charge on any atom is -0.497 e. The topological polar surface area (TPSA) is 29.5 Å². The van der Waals surface area contributed by atoms with Crippen molar-refractivity contribution < 1.29 is 9.84 Å². The molecule has 1 unspecified atom stereocenters. The number of rotatable bonds is 1. The zero-order valence-electron chi connectivity index (χ0n) is 9.17. The van der Waals surface area contributed by atoms with E-state index in [1.165, 1.54) is 0 Å². The van der Waals surface area contributed by atoms with E-state index in [1.54, 1.807) is 13.2 Å². The van der Waals surface area contributed by atoms with Crippen molar-refractivity contribution in [1.29, 1.82) is 0 Å². The monoisotopic (exact) mass is 226 g/mol. The Bertz CT molecular complexity index is 399. The van der Waals surface area contributed by atoms with Gasteiger partial charge in [-0.05, 0) is 35.1 Å². The molecule has 0 fully saturated rings. The number of hydrogen-bond donors (Lipinski definition) is 1. The minimum atomic E-state index is -0.428. The van der Waals surface area contributed by atoms with Crippen LogP contribution in [0, 0.1) is 0 Å². The van der Waals surface area contributed by atoms with Gasteiger partial charge in [0.1, 0.15) is 5.75 Å². The van der Waals surface area contributed by atoms with Crippen LogP contribution in [0.15, 0.2) is 12.1 Å². The van der Waals surface area contributed by atoms with Crippen LogP contribution >= 0.6 is 11.6 Å². The van der Waals surface area contributed by atoms with Crippen LogP contribution in [-0.4, -0.2) is 12.2 Å². The zero-order chi connectivity index (χ0) is 11.2. The van der Waals surface area contributed by atoms with Crippen LogP contribution in [-0.2, 0) is 5.41 Å². The molecule has 2 nitrogen and oxygen atoms in total. The molecule has 0 radical (unpaired) electrons. The number of hydrogen-bond acceptors (Lipinski definition) is 2. The maximum atomic E-state index is 9.95. The second kappa shape index (κ2) is 3.39. The fourth-order valence-corrected chi connectivity index (χ4v) is 2.86. The Labute approximate surface area is 94.8 Å². The molecular weight excluding hydrogens is 212 g/mol. The molecule has 3 heteroatoms. The van der Waals surface area contributed by atoms with E-state index in [0.717, 1.165) is 17.5 Å². The van der Waals surface area contributed by atoms with Gasteiger partial charge in [-0.1, -0.05) is 25.4 Å². The van der Waals surface area contributed by atoms with Crippen LogP contribution in [0.5, 0.6) is 5.75 Å². The molecule has 1 N–H and O–H groups in total. The van der Waals surface area contributed by atoms with Gasteiger partial charge >= 0.3 is 0 Å². The third-order valence-electron chi connectivity index (χ3n) is 3.07. The molecule has 0 bridgehead atoms. The van der Waals surface area contributed by atoms with Crippen molar-refractivity contribution in [2.45, 2.75) is 31.8 Å². The van der Waals surface area contributed by atoms with Crippen molar-refractivity contribution in [3.05, 3.63) is 28.3 Å². The zero-order valence-corrected chi connectivity index (χ0v) is 9.93. The lowest BCUT2D eigenvalue weighted by molar-refractivity contribution is 0.161. The van der Waals surface area contributed by atoms with Crippen LogP contribution < -0.4 is 4.74 Å². The van der Waals surface area contributed by atoms with Crippen LogP contribution in [0.3, 0.4) is 0 Å². The fourth-order valence-electron chi connectivity index (χ4n) is 2.39. The lowest BCUT2D eigenvalue weighted by Gasteiger charge is -2.20. The Balaban J connectivity index is 2.63. The van der Waals surface area contributed by atoms with E-state index < -0.39 is 6.10 Å². The van der Waals surface area contributed by atoms with Gasteiger partial charge in [0.25, 0.3) is 0 Å². The summed E-state index contributed by atoms with van der Waals surface area (Å²) in [6.45, 7) is 4.20. The maximum Gasteiger partial charge on any atom is 0.120 e. The SMILES string of the molecule is COc1cc(Cl)c2c(c1)C(O)CC2(C)C. The number of fused-ring (bicyclic) bond motifs is 1. The Hall–Kier alpha value is -0.730. The number of benzene rings is 1. The number of halogens is 1. The molecule has 0 saturated heterocycles. The number of aliphatic hydroxyl groups excluding tert-OH is 1. The molecule has 15 heavy (non-hydrogen) atoms. The van der Waals surface area contributed by atoms with Crippen molar-refractivity contribution in [3.8, 4) is 5.75 Å². The summed E-state index contributed by atoms with van der Waals surface area (Å²) < 4.78 is 5.14. The molecular formula is C12H15ClO2. The average molecular weight is 227 g/mol. The number of methoxy groups -OCH3 is 1. The summed E-state index contributed by atoms with van der Waals surface area (Å²) in [5, 5.41) is 10.6. The summed E-state index contributed by atoms with van der Waals surface area (Å²) >= 11 is 6.21. The molecule has 1 atom stereocenters. The summed E-state index contributed by atoms with van der Waals surface area (Å²) in [6.07, 6.45) is 0.289. The van der Waals surface area contributed by atoms with Crippen LogP contribution in [0.4, 0.5) is 0 Å². The second-order valence-electron chi connectivity index (χ2n) is 4.68. The van der Waals surface area contributed by atoms with Crippen molar-refractivity contribution in [2.24, 2.45) is 0 Å². The number of aliphatic hydroxyl groups is 1. The normalized spacial score (nSPS) is 22.6. The van der Waals surface area contributed by atoms with Gasteiger partial charge in [0.2, 0.25) is 0 Å². The van der Waals surface area contributed by atoms with E-state index in [1.807, 2.05) is 6.07 Å². The quantitative estimate of drug-likeness (QED) is 0.798. The molecule has 0 spiro atoms. The molecule has 0 saturated carbocycles. The average Bonchev–Trinajstić information content (AvgIpc) is 2.37. The summed E-state index contributed by atoms with van der Waals surface area (Å²) in [4.78, 5) is 0. The minimum absolute atomic E-state index is 0.0574. The first-order valence-corrected chi connectivity index (χ1v) is 5.39. The summed E-state index contributed by atoms with van der Waals surface area (Å²) in [6, 6.07) is 3.68. The molecule has 0 heterocycles. The van der Waals surface area contributed by atoms with Gasteiger partial charge in [-0.15, -0.1) is 0 Å². The Morgan fingerprint density at radius 2 is 2.13 bits per heavy atom. The first-order chi connectivity index (χ1) is 6.95. The third kappa shape index (κ3) is 1.62. The molecule has 0 aliphatic heterocycles. The Kier molecular flexibility index (Phi) is 2.44. The van der Waals surface area contributed by atoms with E-state index in [4.69, 9.17) is 16.3 Å². The molecule has 2 rings (SSSR count). The highest BCUT2D eigenvalue weighted by molar-refractivity contribution is 6.31. The third-order valence-corrected chi connectivity index (χ3v) is 3.37. The molecule has 1 aliphatic rings. The van der Waals surface area contributed by atoms with Gasteiger partial charge in [0.15, 0.2) is 0 Å². The van der Waals surface area contributed by atoms with Crippen molar-refractivity contribution in [3.63, 3.8) is 0 Å². The van der Waals surface area contributed by atoms with Crippen molar-refractivity contribution in [1.82, 2.24) is 0 Å². The number of ether oxygens (including phenoxy) is 1. The highest BCUT2D eigenvalue weighted by Gasteiger charge is 2.38.